The molecule has 0 saturated heterocycles. The van der Waals surface area contributed by atoms with Crippen LogP contribution in [0.15, 0.2) is 30.3 Å². The molecule has 0 spiro atoms. The summed E-state index contributed by atoms with van der Waals surface area (Å²) in [7, 11) is 0. The van der Waals surface area contributed by atoms with Gasteiger partial charge in [-0.2, -0.15) is 0 Å². The smallest absolute Gasteiger partial charge is 0.151 e. The van der Waals surface area contributed by atoms with Gasteiger partial charge in [0.2, 0.25) is 0 Å². The highest BCUT2D eigenvalue weighted by Gasteiger charge is 1.93. The molecule has 0 heterocycles. The van der Waals surface area contributed by atoms with Crippen molar-refractivity contribution >= 4 is 0 Å². The van der Waals surface area contributed by atoms with Gasteiger partial charge in [0.05, 0.1) is 0 Å². The molecule has 0 amide bonds. The van der Waals surface area contributed by atoms with Gasteiger partial charge in [0.25, 0.3) is 0 Å². The number of aliphatic hydroxyl groups excluding tert-OH is 1. The Kier molecular flexibility index (Phi) is 19.3. The van der Waals surface area contributed by atoms with Gasteiger partial charge in [0.1, 0.15) is 0 Å². The normalized spacial score (nSPS) is 11.1. The fourth-order valence-electron chi connectivity index (χ4n) is 2.17. The molecule has 0 aliphatic heterocycles. The molecule has 0 aromatic heterocycles. The Morgan fingerprint density at radius 1 is 0.909 bits per heavy atom. The zero-order chi connectivity index (χ0) is 15.8. The van der Waals surface area contributed by atoms with Crippen LogP contribution in [0.3, 0.4) is 0 Å². The van der Waals surface area contributed by atoms with Crippen LogP contribution in [0.4, 0.5) is 0 Å². The van der Waals surface area contributed by atoms with E-state index in [2.05, 4.69) is 42.0 Å². The molecule has 0 bridgehead atoms. The van der Waals surface area contributed by atoms with Crippen LogP contribution in [0, 0.1) is 0 Å². The Morgan fingerprint density at radius 3 is 1.91 bits per heavy atom. The van der Waals surface area contributed by atoms with Gasteiger partial charge in [-0.1, -0.05) is 75.8 Å². The second-order valence-corrected chi connectivity index (χ2v) is 5.41. The lowest BCUT2D eigenvalue weighted by atomic mass is 10.0. The van der Waals surface area contributed by atoms with E-state index in [-0.39, 0.29) is 5.48 Å². The van der Waals surface area contributed by atoms with Crippen LogP contribution in [-0.4, -0.2) is 23.5 Å². The van der Waals surface area contributed by atoms with Crippen LogP contribution in [-0.2, 0) is 11.2 Å². The van der Waals surface area contributed by atoms with Crippen LogP contribution >= 0.6 is 0 Å². The molecule has 1 aromatic carbocycles. The van der Waals surface area contributed by atoms with Crippen LogP contribution in [0.1, 0.15) is 71.3 Å². The van der Waals surface area contributed by atoms with Crippen LogP contribution in [0.5, 0.6) is 0 Å². The number of rotatable bonds is 10. The summed E-state index contributed by atoms with van der Waals surface area (Å²) in [5, 5.41) is 8.33. The predicted octanol–water partition coefficient (Wildman–Crippen LogP) is 4.52. The van der Waals surface area contributed by atoms with Crippen molar-refractivity contribution in [2.75, 3.05) is 6.61 Å². The second kappa shape index (κ2) is 18.1. The zero-order valence-corrected chi connectivity index (χ0v) is 14.7. The van der Waals surface area contributed by atoms with E-state index in [0.717, 1.165) is 0 Å². The molecule has 0 saturated carbocycles. The van der Waals surface area contributed by atoms with Gasteiger partial charge in [0.15, 0.2) is 6.29 Å². The van der Waals surface area contributed by atoms with Gasteiger partial charge in [-0.25, -0.2) is 0 Å². The summed E-state index contributed by atoms with van der Waals surface area (Å²) in [6, 6.07) is 10.8. The molecule has 3 N–H and O–H groups in total. The number of hydrogen-bond donors (Lipinski definition) is 1. The lowest BCUT2D eigenvalue weighted by molar-refractivity contribution is -0.0800. The molecule has 3 heteroatoms. The molecule has 1 atom stereocenters. The second-order valence-electron chi connectivity index (χ2n) is 5.41. The fraction of sp³-hybridized carbons (Fsp3) is 0.684. The van der Waals surface area contributed by atoms with Crippen LogP contribution in [0.2, 0.25) is 0 Å². The van der Waals surface area contributed by atoms with Crippen molar-refractivity contribution in [1.29, 1.82) is 0 Å². The van der Waals surface area contributed by atoms with Gasteiger partial charge in [-0.15, -0.1) is 0 Å². The fourth-order valence-corrected chi connectivity index (χ4v) is 2.17. The molecule has 0 radical (unpaired) electrons. The molecule has 130 valence electrons. The van der Waals surface area contributed by atoms with Gasteiger partial charge in [0, 0.05) is 6.61 Å². The molecule has 0 aliphatic carbocycles. The van der Waals surface area contributed by atoms with E-state index in [1.165, 1.54) is 56.9 Å². The molecular formula is C19H36O3. The van der Waals surface area contributed by atoms with Crippen molar-refractivity contribution in [2.45, 2.75) is 78.4 Å². The van der Waals surface area contributed by atoms with Gasteiger partial charge >= 0.3 is 0 Å². The first kappa shape index (κ1) is 23.4. The van der Waals surface area contributed by atoms with E-state index in [1.807, 2.05) is 6.92 Å². The number of hydrogen-bond acceptors (Lipinski definition) is 2. The van der Waals surface area contributed by atoms with Gasteiger partial charge in [-0.05, 0) is 32.3 Å². The Labute approximate surface area is 137 Å². The highest BCUT2D eigenvalue weighted by molar-refractivity contribution is 5.14. The third-order valence-corrected chi connectivity index (χ3v) is 3.32. The Morgan fingerprint density at radius 2 is 1.45 bits per heavy atom. The molecule has 22 heavy (non-hydrogen) atoms. The van der Waals surface area contributed by atoms with E-state index in [4.69, 9.17) is 5.11 Å². The van der Waals surface area contributed by atoms with E-state index in [0.29, 0.717) is 6.61 Å². The summed E-state index contributed by atoms with van der Waals surface area (Å²) in [5.74, 6) is 0. The number of ether oxygens (including phenoxy) is 1. The van der Waals surface area contributed by atoms with Crippen molar-refractivity contribution in [3.63, 3.8) is 0 Å². The first-order valence-electron chi connectivity index (χ1n) is 8.54. The Hall–Kier alpha value is -0.900. The predicted molar refractivity (Wildman–Crippen MR) is 95.1 cm³/mol. The minimum absolute atomic E-state index is 0. The van der Waals surface area contributed by atoms with Crippen molar-refractivity contribution < 1.29 is 15.3 Å². The first-order chi connectivity index (χ1) is 10.2. The van der Waals surface area contributed by atoms with E-state index < -0.39 is 6.29 Å². The van der Waals surface area contributed by atoms with E-state index in [9.17, 15) is 0 Å². The molecule has 1 unspecified atom stereocenters. The maximum Gasteiger partial charge on any atom is 0.151 e. The zero-order valence-electron chi connectivity index (χ0n) is 14.7. The third-order valence-electron chi connectivity index (χ3n) is 3.32. The number of benzene rings is 1. The van der Waals surface area contributed by atoms with Gasteiger partial charge < -0.3 is 15.3 Å². The minimum Gasteiger partial charge on any atom is -0.412 e. The highest BCUT2D eigenvalue weighted by Crippen LogP contribution is 2.10. The van der Waals surface area contributed by atoms with Crippen LogP contribution in [0.25, 0.3) is 0 Å². The number of unbranched alkanes of at least 4 members (excludes halogenated alkanes) is 6. The summed E-state index contributed by atoms with van der Waals surface area (Å²) < 4.78 is 4.60. The lowest BCUT2D eigenvalue weighted by Gasteiger charge is -2.01. The van der Waals surface area contributed by atoms with Crippen molar-refractivity contribution in [1.82, 2.24) is 0 Å². The van der Waals surface area contributed by atoms with Gasteiger partial charge in [-0.3, -0.25) is 0 Å². The molecule has 0 fully saturated rings. The quantitative estimate of drug-likeness (QED) is 0.510. The van der Waals surface area contributed by atoms with Crippen molar-refractivity contribution in [3.05, 3.63) is 35.9 Å². The monoisotopic (exact) mass is 312 g/mol. The summed E-state index contributed by atoms with van der Waals surface area (Å²) >= 11 is 0. The lowest BCUT2D eigenvalue weighted by Crippen LogP contribution is -2.04. The molecule has 0 aliphatic rings. The maximum atomic E-state index is 8.33. The summed E-state index contributed by atoms with van der Waals surface area (Å²) in [4.78, 5) is 0. The molecule has 1 rings (SSSR count). The average Bonchev–Trinajstić information content (AvgIpc) is 2.48. The molecular weight excluding hydrogens is 276 g/mol. The Bertz CT molecular complexity index is 299. The van der Waals surface area contributed by atoms with Crippen LogP contribution < -0.4 is 0 Å². The van der Waals surface area contributed by atoms with E-state index >= 15 is 0 Å². The minimum atomic E-state index is -0.602. The standard InChI is InChI=1S/C15H24.C4H10O2.H2O/c1-2-3-4-5-6-7-9-12-15-13-10-8-11-14-15;1-3-6-4(2)5;/h8,10-11,13-14H,2-7,9,12H2,1H3;4-5H,3H2,1-2H3;1H2. The molecule has 1 aromatic rings. The Balaban J connectivity index is 0. The summed E-state index contributed by atoms with van der Waals surface area (Å²) in [6.45, 7) is 6.28. The highest BCUT2D eigenvalue weighted by atomic mass is 16.6. The largest absolute Gasteiger partial charge is 0.412 e. The van der Waals surface area contributed by atoms with Crippen molar-refractivity contribution in [3.8, 4) is 0 Å². The summed E-state index contributed by atoms with van der Waals surface area (Å²) in [5.41, 5.74) is 1.49. The average molecular weight is 312 g/mol. The topological polar surface area (TPSA) is 61.0 Å². The maximum absolute atomic E-state index is 8.33. The van der Waals surface area contributed by atoms with E-state index in [1.54, 1.807) is 6.92 Å². The number of aliphatic hydroxyl groups is 1. The van der Waals surface area contributed by atoms with Crippen molar-refractivity contribution in [2.24, 2.45) is 0 Å². The number of aryl methyl sites for hydroxylation is 1. The summed E-state index contributed by atoms with van der Waals surface area (Å²) in [6.07, 6.45) is 10.5. The third kappa shape index (κ3) is 17.2. The first-order valence-corrected chi connectivity index (χ1v) is 8.54. The molecule has 3 nitrogen and oxygen atoms in total. The SMILES string of the molecule is CCCCCCCCCc1ccccc1.CCOC(C)O.O.